The number of hydrogen-bond donors (Lipinski definition) is 14. The minimum absolute atomic E-state index is 0.0306. The van der Waals surface area contributed by atoms with Crippen molar-refractivity contribution < 1.29 is 68.1 Å². The third-order valence-corrected chi connectivity index (χ3v) is 9.22. The fourth-order valence-electron chi connectivity index (χ4n) is 5.86. The van der Waals surface area contributed by atoms with Crippen LogP contribution in [0, 0.1) is 11.8 Å². The van der Waals surface area contributed by atoms with Gasteiger partial charge < -0.3 is 75.5 Å². The van der Waals surface area contributed by atoms with Crippen molar-refractivity contribution in [2.24, 2.45) is 34.8 Å². The van der Waals surface area contributed by atoms with E-state index in [0.717, 1.165) is 0 Å². The Balaban J connectivity index is 6.11. The van der Waals surface area contributed by atoms with Crippen LogP contribution in [-0.2, 0) is 52.7 Å². The Morgan fingerprint density at radius 1 is 0.524 bits per heavy atom. The van der Waals surface area contributed by atoms with Gasteiger partial charge in [0.2, 0.25) is 47.3 Å². The maximum Gasteiger partial charge on any atom is 0.326 e. The first-order chi connectivity index (χ1) is 29.4. The quantitative estimate of drug-likeness (QED) is 0.0277. The van der Waals surface area contributed by atoms with Crippen LogP contribution in [0.1, 0.15) is 98.3 Å². The Morgan fingerprint density at radius 3 is 1.48 bits per heavy atom. The molecule has 18 N–H and O–H groups in total. The predicted molar refractivity (Wildman–Crippen MR) is 223 cm³/mol. The Bertz CT molecular complexity index is 1600. The number of unbranched alkanes of at least 4 members (excludes halogenated alkanes) is 2. The number of primary amides is 1. The summed E-state index contributed by atoms with van der Waals surface area (Å²) in [5.74, 6) is -12.5. The summed E-state index contributed by atoms with van der Waals surface area (Å²) >= 11 is 0. The lowest BCUT2D eigenvalue weighted by molar-refractivity contribution is -0.147. The number of nitrogens with two attached hydrogens (primary N) is 4. The highest BCUT2D eigenvalue weighted by Crippen LogP contribution is 2.11. The van der Waals surface area contributed by atoms with Crippen LogP contribution in [0.15, 0.2) is 0 Å². The molecule has 25 nitrogen and oxygen atoms in total. The third-order valence-electron chi connectivity index (χ3n) is 9.22. The first-order valence-corrected chi connectivity index (χ1v) is 20.6. The molecule has 7 atom stereocenters. The molecule has 0 aromatic carbocycles. The van der Waals surface area contributed by atoms with Crippen molar-refractivity contribution in [3.05, 3.63) is 0 Å². The molecule has 63 heavy (non-hydrogen) atoms. The Morgan fingerprint density at radius 2 is 1.00 bits per heavy atom. The van der Waals surface area contributed by atoms with E-state index in [9.17, 15) is 63.0 Å². The molecular formula is C38H67N11O14. The van der Waals surface area contributed by atoms with Crippen LogP contribution in [-0.4, -0.2) is 142 Å². The number of nitrogens with one attached hydrogen (secondary N) is 7. The highest BCUT2D eigenvalue weighted by molar-refractivity contribution is 5.97. The molecule has 0 aliphatic rings. The molecule has 0 unspecified atom stereocenters. The van der Waals surface area contributed by atoms with E-state index in [1.807, 2.05) is 0 Å². The molecule has 0 fully saturated rings. The van der Waals surface area contributed by atoms with Crippen molar-refractivity contribution in [1.29, 1.82) is 0 Å². The third kappa shape index (κ3) is 24.3. The van der Waals surface area contributed by atoms with E-state index in [4.69, 9.17) is 28.0 Å². The highest BCUT2D eigenvalue weighted by Gasteiger charge is 2.34. The lowest BCUT2D eigenvalue weighted by atomic mass is 10.00. The number of amides is 8. The van der Waals surface area contributed by atoms with Gasteiger partial charge in [0.15, 0.2) is 0 Å². The second kappa shape index (κ2) is 30.2. The number of rotatable bonds is 33. The van der Waals surface area contributed by atoms with E-state index in [-0.39, 0.29) is 31.7 Å². The fourth-order valence-corrected chi connectivity index (χ4v) is 5.86. The average molecular weight is 902 g/mol. The molecule has 8 amide bonds. The molecule has 0 radical (unpaired) electrons. The van der Waals surface area contributed by atoms with Crippen LogP contribution in [0.3, 0.4) is 0 Å². The maximum absolute atomic E-state index is 13.7. The van der Waals surface area contributed by atoms with Crippen molar-refractivity contribution in [2.45, 2.75) is 141 Å². The second-order valence-corrected chi connectivity index (χ2v) is 15.7. The van der Waals surface area contributed by atoms with Gasteiger partial charge in [-0.3, -0.25) is 47.9 Å². The number of aliphatic carboxylic acids is 3. The van der Waals surface area contributed by atoms with Crippen LogP contribution in [0.5, 0.6) is 0 Å². The number of carbonyl (C=O) groups is 11. The lowest BCUT2D eigenvalue weighted by Crippen LogP contribution is -2.59. The summed E-state index contributed by atoms with van der Waals surface area (Å²) in [6.07, 6.45) is -0.797. The summed E-state index contributed by atoms with van der Waals surface area (Å²) in [7, 11) is 0. The SMILES string of the molecule is CC(C)C[C@H](NC(=O)[C@H](CCC(=O)O)NC(=O)CNC(=O)[C@H](CCCCN)NC(=O)[C@@H](NC(=O)[C@H](CCCCN)NC(=O)[C@@H](N)CC(N)=O)C(C)C)C(=O)N[C@@H](CC(=O)O)C(=O)O. The molecule has 0 aliphatic heterocycles. The molecule has 0 bridgehead atoms. The molecule has 0 aromatic heterocycles. The summed E-state index contributed by atoms with van der Waals surface area (Å²) in [6, 6.07) is -9.90. The normalized spacial score (nSPS) is 14.4. The van der Waals surface area contributed by atoms with Crippen LogP contribution >= 0.6 is 0 Å². The van der Waals surface area contributed by atoms with Crippen LogP contribution in [0.25, 0.3) is 0 Å². The first kappa shape index (κ1) is 57.1. The molecule has 25 heteroatoms. The number of carboxylic acid groups (broad SMARTS) is 3. The second-order valence-electron chi connectivity index (χ2n) is 15.7. The molecular weight excluding hydrogens is 834 g/mol. The van der Waals surface area contributed by atoms with Crippen LogP contribution in [0.4, 0.5) is 0 Å². The number of hydrogen-bond acceptors (Lipinski definition) is 14. The molecule has 0 saturated carbocycles. The van der Waals surface area contributed by atoms with Crippen molar-refractivity contribution in [2.75, 3.05) is 19.6 Å². The molecule has 0 saturated heterocycles. The van der Waals surface area contributed by atoms with Crippen molar-refractivity contribution in [1.82, 2.24) is 37.2 Å². The van der Waals surface area contributed by atoms with Gasteiger partial charge in [-0.2, -0.15) is 0 Å². The Kier molecular flexibility index (Phi) is 27.3. The minimum atomic E-state index is -1.84. The van der Waals surface area contributed by atoms with E-state index < -0.39 is 146 Å². The fraction of sp³-hybridized carbons (Fsp3) is 0.711. The molecule has 358 valence electrons. The van der Waals surface area contributed by atoms with E-state index in [1.165, 1.54) is 0 Å². The topological polar surface area (TPSA) is 437 Å². The monoisotopic (exact) mass is 901 g/mol. The van der Waals surface area contributed by atoms with Gasteiger partial charge in [-0.1, -0.05) is 27.7 Å². The van der Waals surface area contributed by atoms with E-state index in [2.05, 4.69) is 37.2 Å². The first-order valence-electron chi connectivity index (χ1n) is 20.6. The zero-order chi connectivity index (χ0) is 48.4. The van der Waals surface area contributed by atoms with Crippen LogP contribution < -0.4 is 60.2 Å². The van der Waals surface area contributed by atoms with Gasteiger partial charge in [0.25, 0.3) is 0 Å². The lowest BCUT2D eigenvalue weighted by Gasteiger charge is -2.28. The van der Waals surface area contributed by atoms with Crippen molar-refractivity contribution in [3.8, 4) is 0 Å². The Hall–Kier alpha value is -5.95. The summed E-state index contributed by atoms with van der Waals surface area (Å²) in [5.41, 5.74) is 22.1. The molecule has 0 spiro atoms. The van der Waals surface area contributed by atoms with E-state index >= 15 is 0 Å². The zero-order valence-electron chi connectivity index (χ0n) is 36.2. The molecule has 0 aliphatic carbocycles. The van der Waals surface area contributed by atoms with Gasteiger partial charge in [-0.15, -0.1) is 0 Å². The Labute approximate surface area is 365 Å². The molecule has 0 heterocycles. The van der Waals surface area contributed by atoms with Crippen molar-refractivity contribution in [3.63, 3.8) is 0 Å². The smallest absolute Gasteiger partial charge is 0.326 e. The summed E-state index contributed by atoms with van der Waals surface area (Å²) in [5, 5.41) is 44.4. The minimum Gasteiger partial charge on any atom is -0.481 e. The standard InChI is InChI=1S/C38H67N11O14/c1-19(2)15-25(36(60)48-26(38(62)63)17-30(54)55)47-34(58)24(11-12-29(52)53)44-28(51)18-43-33(57)22(9-5-7-13-39)46-37(61)31(20(3)4)49-35(59)23(10-6-8-14-40)45-32(56)21(41)16-27(42)50/h19-26,31H,5-18,39-41H2,1-4H3,(H2,42,50)(H,43,57)(H,44,51)(H,45,56)(H,46,61)(H,47,58)(H,48,60)(H,49,59)(H,52,53)(H,54,55)(H,62,63)/t21-,22-,23-,24-,25-,26-,31-/m0/s1. The maximum atomic E-state index is 13.7. The van der Waals surface area contributed by atoms with Gasteiger partial charge in [-0.05, 0) is 76.3 Å². The van der Waals surface area contributed by atoms with Gasteiger partial charge in [-0.25, -0.2) is 4.79 Å². The van der Waals surface area contributed by atoms with Gasteiger partial charge in [0, 0.05) is 6.42 Å². The average Bonchev–Trinajstić information content (AvgIpc) is 3.18. The molecule has 0 aromatic rings. The van der Waals surface area contributed by atoms with E-state index in [1.54, 1.807) is 27.7 Å². The largest absolute Gasteiger partial charge is 0.481 e. The summed E-state index contributed by atoms with van der Waals surface area (Å²) in [4.78, 5) is 138. The molecule has 0 rings (SSSR count). The van der Waals surface area contributed by atoms with Crippen molar-refractivity contribution >= 4 is 65.2 Å². The van der Waals surface area contributed by atoms with Gasteiger partial charge in [0.05, 0.1) is 25.4 Å². The zero-order valence-corrected chi connectivity index (χ0v) is 36.2. The summed E-state index contributed by atoms with van der Waals surface area (Å²) < 4.78 is 0. The van der Waals surface area contributed by atoms with E-state index in [0.29, 0.717) is 32.2 Å². The van der Waals surface area contributed by atoms with Gasteiger partial charge in [0.1, 0.15) is 36.3 Å². The number of carbonyl (C=O) groups excluding carboxylic acids is 8. The predicted octanol–water partition coefficient (Wildman–Crippen LogP) is -4.40. The van der Waals surface area contributed by atoms with Gasteiger partial charge >= 0.3 is 17.9 Å². The van der Waals surface area contributed by atoms with Crippen LogP contribution in [0.2, 0.25) is 0 Å². The summed E-state index contributed by atoms with van der Waals surface area (Å²) in [6.45, 7) is 6.34. The number of carboxylic acids is 3. The highest BCUT2D eigenvalue weighted by atomic mass is 16.4.